The molecule has 0 radical (unpaired) electrons. The average molecular weight is 275 g/mol. The number of nitrogens with one attached hydrogen (secondary N) is 1. The number of carbonyl (C=O) groups excluding carboxylic acids is 1. The molecule has 20 heavy (non-hydrogen) atoms. The summed E-state index contributed by atoms with van der Waals surface area (Å²) in [5, 5.41) is 3.07. The summed E-state index contributed by atoms with van der Waals surface area (Å²) >= 11 is 0. The molecule has 1 saturated heterocycles. The molecule has 5 heteroatoms. The Morgan fingerprint density at radius 2 is 2.10 bits per heavy atom. The van der Waals surface area contributed by atoms with E-state index < -0.39 is 0 Å². The minimum Gasteiger partial charge on any atom is -0.377 e. The van der Waals surface area contributed by atoms with Crippen LogP contribution in [0.25, 0.3) is 0 Å². The van der Waals surface area contributed by atoms with Crippen LogP contribution in [0.1, 0.15) is 18.4 Å². The Bertz CT molecular complexity index is 471. The van der Waals surface area contributed by atoms with Gasteiger partial charge in [0.05, 0.1) is 13.2 Å². The monoisotopic (exact) mass is 275 g/mol. The van der Waals surface area contributed by atoms with Crippen molar-refractivity contribution >= 4 is 11.6 Å². The predicted octanol–water partition coefficient (Wildman–Crippen LogP) is 0.629. The largest absolute Gasteiger partial charge is 0.377 e. The highest BCUT2D eigenvalue weighted by molar-refractivity contribution is 5.86. The summed E-state index contributed by atoms with van der Waals surface area (Å²) in [6.07, 6.45) is 2.20. The van der Waals surface area contributed by atoms with Crippen LogP contribution in [0.5, 0.6) is 0 Å². The maximum Gasteiger partial charge on any atom is 0.245 e. The Labute approximate surface area is 119 Å². The minimum absolute atomic E-state index is 0.0788. The maximum absolute atomic E-state index is 12.3. The van der Waals surface area contributed by atoms with E-state index in [0.717, 1.165) is 30.6 Å². The van der Waals surface area contributed by atoms with Crippen LogP contribution < -0.4 is 16.0 Å². The number of hydrogen-bond donors (Lipinski definition) is 2. The molecule has 1 unspecified atom stereocenters. The standard InChI is InChI=1S/C15H21N3O2/c16-9-11-1-5-13(6-2-11)18-7-8-20-10-14(18)15(19)17-12-3-4-12/h1-2,5-6,12,14H,3-4,7-10,16H2,(H,17,19). The molecule has 3 rings (SSSR count). The van der Waals surface area contributed by atoms with Crippen LogP contribution in [0, 0.1) is 0 Å². The smallest absolute Gasteiger partial charge is 0.245 e. The number of hydrogen-bond acceptors (Lipinski definition) is 4. The fourth-order valence-corrected chi connectivity index (χ4v) is 2.48. The molecule has 1 amide bonds. The molecule has 5 nitrogen and oxygen atoms in total. The molecule has 108 valence electrons. The zero-order chi connectivity index (χ0) is 13.9. The second kappa shape index (κ2) is 5.81. The Hall–Kier alpha value is -1.59. The lowest BCUT2D eigenvalue weighted by atomic mass is 10.1. The van der Waals surface area contributed by atoms with Gasteiger partial charge in [-0.3, -0.25) is 4.79 Å². The topological polar surface area (TPSA) is 67.6 Å². The zero-order valence-corrected chi connectivity index (χ0v) is 11.5. The van der Waals surface area contributed by atoms with E-state index in [1.807, 2.05) is 24.3 Å². The fourth-order valence-electron chi connectivity index (χ4n) is 2.48. The van der Waals surface area contributed by atoms with Gasteiger partial charge in [-0.2, -0.15) is 0 Å². The lowest BCUT2D eigenvalue weighted by Gasteiger charge is -2.36. The highest BCUT2D eigenvalue weighted by Crippen LogP contribution is 2.23. The van der Waals surface area contributed by atoms with Crippen molar-refractivity contribution in [1.82, 2.24) is 5.32 Å². The number of nitrogens with two attached hydrogens (primary N) is 1. The van der Waals surface area contributed by atoms with Crippen LogP contribution in [0.3, 0.4) is 0 Å². The van der Waals surface area contributed by atoms with Gasteiger partial charge in [-0.1, -0.05) is 12.1 Å². The maximum atomic E-state index is 12.3. The quantitative estimate of drug-likeness (QED) is 0.846. The van der Waals surface area contributed by atoms with Crippen LogP contribution in [0.4, 0.5) is 5.69 Å². The van der Waals surface area contributed by atoms with Gasteiger partial charge in [-0.05, 0) is 30.5 Å². The van der Waals surface area contributed by atoms with Gasteiger partial charge in [0.2, 0.25) is 5.91 Å². The van der Waals surface area contributed by atoms with E-state index in [-0.39, 0.29) is 11.9 Å². The summed E-state index contributed by atoms with van der Waals surface area (Å²) in [6, 6.07) is 8.25. The highest BCUT2D eigenvalue weighted by Gasteiger charge is 2.33. The summed E-state index contributed by atoms with van der Waals surface area (Å²) in [5.41, 5.74) is 7.77. The van der Waals surface area contributed by atoms with Gasteiger partial charge in [0.1, 0.15) is 6.04 Å². The number of anilines is 1. The molecule has 1 aromatic carbocycles. The van der Waals surface area contributed by atoms with Gasteiger partial charge in [0, 0.05) is 24.8 Å². The molecule has 0 spiro atoms. The average Bonchev–Trinajstić information content (AvgIpc) is 3.31. The fraction of sp³-hybridized carbons (Fsp3) is 0.533. The van der Waals surface area contributed by atoms with Crippen molar-refractivity contribution in [2.24, 2.45) is 5.73 Å². The van der Waals surface area contributed by atoms with E-state index in [9.17, 15) is 4.79 Å². The summed E-state index contributed by atoms with van der Waals surface area (Å²) < 4.78 is 5.48. The second-order valence-electron chi connectivity index (χ2n) is 5.44. The Morgan fingerprint density at radius 3 is 2.75 bits per heavy atom. The summed E-state index contributed by atoms with van der Waals surface area (Å²) in [4.78, 5) is 14.4. The molecule has 1 aromatic rings. The van der Waals surface area contributed by atoms with Crippen molar-refractivity contribution in [3.63, 3.8) is 0 Å². The van der Waals surface area contributed by atoms with E-state index in [2.05, 4.69) is 10.2 Å². The third-order valence-corrected chi connectivity index (χ3v) is 3.86. The van der Waals surface area contributed by atoms with Gasteiger partial charge in [0.15, 0.2) is 0 Å². The Kier molecular flexibility index (Phi) is 3.89. The third kappa shape index (κ3) is 2.94. The molecule has 1 aliphatic carbocycles. The summed E-state index contributed by atoms with van der Waals surface area (Å²) in [5.74, 6) is 0.0788. The summed E-state index contributed by atoms with van der Waals surface area (Å²) in [7, 11) is 0. The first-order chi connectivity index (χ1) is 9.78. The third-order valence-electron chi connectivity index (χ3n) is 3.86. The van der Waals surface area contributed by atoms with Gasteiger partial charge in [-0.25, -0.2) is 0 Å². The summed E-state index contributed by atoms with van der Waals surface area (Å²) in [6.45, 7) is 2.39. The van der Waals surface area contributed by atoms with Crippen LogP contribution in [0.15, 0.2) is 24.3 Å². The molecular weight excluding hydrogens is 254 g/mol. The Balaban J connectivity index is 1.74. The van der Waals surface area contributed by atoms with Crippen LogP contribution >= 0.6 is 0 Å². The molecule has 1 heterocycles. The first kappa shape index (κ1) is 13.4. The zero-order valence-electron chi connectivity index (χ0n) is 11.5. The first-order valence-corrected chi connectivity index (χ1v) is 7.21. The van der Waals surface area contributed by atoms with E-state index in [4.69, 9.17) is 10.5 Å². The van der Waals surface area contributed by atoms with Gasteiger partial charge in [0.25, 0.3) is 0 Å². The Morgan fingerprint density at radius 1 is 1.35 bits per heavy atom. The SMILES string of the molecule is NCc1ccc(N2CCOCC2C(=O)NC2CC2)cc1. The van der Waals surface area contributed by atoms with Crippen LogP contribution in [0.2, 0.25) is 0 Å². The highest BCUT2D eigenvalue weighted by atomic mass is 16.5. The van der Waals surface area contributed by atoms with Gasteiger partial charge >= 0.3 is 0 Å². The number of benzene rings is 1. The van der Waals surface area contributed by atoms with E-state index in [1.54, 1.807) is 0 Å². The van der Waals surface area contributed by atoms with Crippen molar-refractivity contribution in [3.05, 3.63) is 29.8 Å². The molecule has 3 N–H and O–H groups in total. The number of morpholine rings is 1. The van der Waals surface area contributed by atoms with Gasteiger partial charge in [-0.15, -0.1) is 0 Å². The lowest BCUT2D eigenvalue weighted by Crippen LogP contribution is -2.54. The molecule has 1 atom stereocenters. The molecule has 2 fully saturated rings. The molecule has 1 aliphatic heterocycles. The van der Waals surface area contributed by atoms with Crippen molar-refractivity contribution in [3.8, 4) is 0 Å². The number of nitrogens with zero attached hydrogens (tertiary/aromatic N) is 1. The lowest BCUT2D eigenvalue weighted by molar-refractivity contribution is -0.124. The number of amides is 1. The molecular formula is C15H21N3O2. The van der Waals surface area contributed by atoms with E-state index in [1.165, 1.54) is 0 Å². The van der Waals surface area contributed by atoms with E-state index >= 15 is 0 Å². The molecule has 2 aliphatic rings. The van der Waals surface area contributed by atoms with Crippen molar-refractivity contribution in [2.45, 2.75) is 31.5 Å². The minimum atomic E-state index is -0.229. The first-order valence-electron chi connectivity index (χ1n) is 7.21. The molecule has 1 saturated carbocycles. The van der Waals surface area contributed by atoms with Crippen LogP contribution in [-0.2, 0) is 16.1 Å². The van der Waals surface area contributed by atoms with E-state index in [0.29, 0.717) is 25.8 Å². The van der Waals surface area contributed by atoms with Crippen LogP contribution in [-0.4, -0.2) is 37.7 Å². The second-order valence-corrected chi connectivity index (χ2v) is 5.44. The van der Waals surface area contributed by atoms with Crippen molar-refractivity contribution in [1.29, 1.82) is 0 Å². The number of rotatable bonds is 4. The number of carbonyl (C=O) groups is 1. The van der Waals surface area contributed by atoms with Crippen molar-refractivity contribution in [2.75, 3.05) is 24.7 Å². The normalized spacial score (nSPS) is 22.6. The van der Waals surface area contributed by atoms with Crippen molar-refractivity contribution < 1.29 is 9.53 Å². The predicted molar refractivity (Wildman–Crippen MR) is 77.5 cm³/mol. The molecule has 0 aromatic heterocycles. The number of ether oxygens (including phenoxy) is 1. The van der Waals surface area contributed by atoms with Gasteiger partial charge < -0.3 is 20.7 Å². The molecule has 0 bridgehead atoms.